The van der Waals surface area contributed by atoms with Gasteiger partial charge in [-0.1, -0.05) is 13.8 Å². The summed E-state index contributed by atoms with van der Waals surface area (Å²) in [6, 6.07) is 5.54. The molecule has 1 fully saturated rings. The van der Waals surface area contributed by atoms with Gasteiger partial charge in [0.2, 0.25) is 12.2 Å². The molecule has 1 saturated heterocycles. The number of hydrogen-bond acceptors (Lipinski definition) is 5. The maximum Gasteiger partial charge on any atom is 0.321 e. The standard InChI is InChI=1S/C24H25F3N6O3/c1-14(2)19-12-32(24(34)30-16-3-4-20-21(11-16)36-8-7-35-20)5-6-33(19)23(29-13-28)31-22-17(26)9-15(25)10-18(22)27/h3-4,9-11,14,19H,5-8,12H2,1-2H3,(H,29,31)(H,30,34). The van der Waals surface area contributed by atoms with Gasteiger partial charge in [-0.25, -0.2) is 18.0 Å². The Bertz CT molecular complexity index is 1190. The molecule has 2 N–H and O–H groups in total. The Balaban J connectivity index is 1.49. The fourth-order valence-corrected chi connectivity index (χ4v) is 4.14. The maximum absolute atomic E-state index is 14.2. The van der Waals surface area contributed by atoms with Gasteiger partial charge in [0, 0.05) is 43.5 Å². The number of fused-ring (bicyclic) bond motifs is 1. The summed E-state index contributed by atoms with van der Waals surface area (Å²) in [5, 5.41) is 14.5. The zero-order chi connectivity index (χ0) is 25.8. The van der Waals surface area contributed by atoms with Gasteiger partial charge in [0.15, 0.2) is 23.1 Å². The molecule has 0 saturated carbocycles. The van der Waals surface area contributed by atoms with E-state index in [1.807, 2.05) is 13.8 Å². The Kier molecular flexibility index (Phi) is 7.38. The second kappa shape index (κ2) is 10.6. The lowest BCUT2D eigenvalue weighted by Gasteiger charge is -2.44. The summed E-state index contributed by atoms with van der Waals surface area (Å²) in [5.41, 5.74) is -0.0740. The summed E-state index contributed by atoms with van der Waals surface area (Å²) >= 11 is 0. The second-order valence-corrected chi connectivity index (χ2v) is 8.64. The summed E-state index contributed by atoms with van der Waals surface area (Å²) < 4.78 is 52.8. The van der Waals surface area contributed by atoms with Crippen LogP contribution in [0.2, 0.25) is 0 Å². The zero-order valence-electron chi connectivity index (χ0n) is 19.7. The smallest absolute Gasteiger partial charge is 0.321 e. The molecule has 1 unspecified atom stereocenters. The molecule has 9 nitrogen and oxygen atoms in total. The van der Waals surface area contributed by atoms with Crippen molar-refractivity contribution in [2.24, 2.45) is 10.9 Å². The van der Waals surface area contributed by atoms with Crippen LogP contribution in [0, 0.1) is 34.8 Å². The van der Waals surface area contributed by atoms with Crippen LogP contribution in [0.3, 0.4) is 0 Å². The van der Waals surface area contributed by atoms with E-state index in [0.717, 1.165) is 0 Å². The minimum atomic E-state index is -1.16. The molecule has 4 rings (SSSR count). The molecule has 0 aliphatic carbocycles. The lowest BCUT2D eigenvalue weighted by Crippen LogP contribution is -2.60. The number of hydrogen-bond donors (Lipinski definition) is 2. The highest BCUT2D eigenvalue weighted by atomic mass is 19.1. The molecule has 0 bridgehead atoms. The van der Waals surface area contributed by atoms with E-state index >= 15 is 0 Å². The molecule has 12 heteroatoms. The Morgan fingerprint density at radius 2 is 1.78 bits per heavy atom. The number of urea groups is 1. The summed E-state index contributed by atoms with van der Waals surface area (Å²) in [6.45, 7) is 5.47. The topological polar surface area (TPSA) is 102 Å². The SMILES string of the molecule is CC(C)C1CN(C(=O)Nc2ccc3c(c2)OCCO3)CCN1/C(=N/C#N)Nc1c(F)cc(F)cc1F. The van der Waals surface area contributed by atoms with E-state index in [-0.39, 0.29) is 43.6 Å². The van der Waals surface area contributed by atoms with Crippen molar-refractivity contribution in [2.45, 2.75) is 19.9 Å². The number of anilines is 2. The van der Waals surface area contributed by atoms with Gasteiger partial charge >= 0.3 is 6.03 Å². The fraction of sp³-hybridized carbons (Fsp3) is 0.375. The number of nitrogens with zero attached hydrogens (tertiary/aromatic N) is 4. The van der Waals surface area contributed by atoms with Gasteiger partial charge in [-0.05, 0) is 18.1 Å². The van der Waals surface area contributed by atoms with Crippen LogP contribution in [-0.4, -0.2) is 60.7 Å². The van der Waals surface area contributed by atoms with Crippen molar-refractivity contribution >= 4 is 23.4 Å². The van der Waals surface area contributed by atoms with Crippen LogP contribution in [0.4, 0.5) is 29.3 Å². The van der Waals surface area contributed by atoms with Crippen molar-refractivity contribution in [3.05, 3.63) is 47.8 Å². The van der Waals surface area contributed by atoms with Crippen molar-refractivity contribution in [3.8, 4) is 17.7 Å². The molecular formula is C24H25F3N6O3. The van der Waals surface area contributed by atoms with Gasteiger partial charge in [-0.3, -0.25) is 0 Å². The average molecular weight is 502 g/mol. The van der Waals surface area contributed by atoms with E-state index in [4.69, 9.17) is 9.47 Å². The van der Waals surface area contributed by atoms with Crippen LogP contribution < -0.4 is 20.1 Å². The molecule has 0 aromatic heterocycles. The highest BCUT2D eigenvalue weighted by Gasteiger charge is 2.34. The number of benzene rings is 2. The molecule has 0 spiro atoms. The first-order chi connectivity index (χ1) is 17.3. The number of ether oxygens (including phenoxy) is 2. The Morgan fingerprint density at radius 3 is 2.44 bits per heavy atom. The Hall–Kier alpha value is -4.14. The fourth-order valence-electron chi connectivity index (χ4n) is 4.14. The number of carbonyl (C=O) groups is 1. The number of nitrogens with one attached hydrogen (secondary N) is 2. The highest BCUT2D eigenvalue weighted by molar-refractivity contribution is 5.95. The van der Waals surface area contributed by atoms with Crippen LogP contribution in [0.25, 0.3) is 0 Å². The maximum atomic E-state index is 14.2. The lowest BCUT2D eigenvalue weighted by molar-refractivity contribution is 0.120. The molecule has 2 aliphatic rings. The predicted octanol–water partition coefficient (Wildman–Crippen LogP) is 4.00. The second-order valence-electron chi connectivity index (χ2n) is 8.64. The molecule has 2 amide bonds. The third-order valence-corrected chi connectivity index (χ3v) is 5.94. The number of rotatable bonds is 3. The third-order valence-electron chi connectivity index (χ3n) is 5.94. The number of amides is 2. The number of aliphatic imine (C=N–C) groups is 1. The van der Waals surface area contributed by atoms with Crippen molar-refractivity contribution < 1.29 is 27.4 Å². The van der Waals surface area contributed by atoms with Gasteiger partial charge in [0.05, 0.1) is 6.04 Å². The zero-order valence-corrected chi connectivity index (χ0v) is 19.7. The van der Waals surface area contributed by atoms with Gasteiger partial charge in [-0.2, -0.15) is 5.26 Å². The van der Waals surface area contributed by atoms with E-state index < -0.39 is 23.1 Å². The molecule has 2 aliphatic heterocycles. The van der Waals surface area contributed by atoms with E-state index in [1.54, 1.807) is 34.2 Å². The summed E-state index contributed by atoms with van der Waals surface area (Å²) in [7, 11) is 0. The van der Waals surface area contributed by atoms with Crippen LogP contribution in [0.5, 0.6) is 11.5 Å². The summed E-state index contributed by atoms with van der Waals surface area (Å²) in [6.07, 6.45) is 1.64. The quantitative estimate of drug-likeness (QED) is 0.374. The molecule has 36 heavy (non-hydrogen) atoms. The first-order valence-corrected chi connectivity index (χ1v) is 11.4. The largest absolute Gasteiger partial charge is 0.486 e. The minimum absolute atomic E-state index is 0.0245. The van der Waals surface area contributed by atoms with Crippen molar-refractivity contribution in [1.29, 1.82) is 5.26 Å². The summed E-state index contributed by atoms with van der Waals surface area (Å²) in [5.74, 6) is -2.33. The van der Waals surface area contributed by atoms with Crippen molar-refractivity contribution in [3.63, 3.8) is 0 Å². The number of nitriles is 1. The Morgan fingerprint density at radius 1 is 1.08 bits per heavy atom. The minimum Gasteiger partial charge on any atom is -0.486 e. The molecular weight excluding hydrogens is 477 g/mol. The normalized spacial score (nSPS) is 17.6. The van der Waals surface area contributed by atoms with E-state index in [0.29, 0.717) is 42.5 Å². The Labute approximate surface area is 206 Å². The lowest BCUT2D eigenvalue weighted by atomic mass is 10.00. The van der Waals surface area contributed by atoms with Crippen LogP contribution in [-0.2, 0) is 0 Å². The van der Waals surface area contributed by atoms with Gasteiger partial charge in [0.25, 0.3) is 0 Å². The third kappa shape index (κ3) is 5.40. The molecule has 190 valence electrons. The number of piperazine rings is 1. The summed E-state index contributed by atoms with van der Waals surface area (Å²) in [4.78, 5) is 20.0. The van der Waals surface area contributed by atoms with Crippen LogP contribution >= 0.6 is 0 Å². The molecule has 0 radical (unpaired) electrons. The monoisotopic (exact) mass is 502 g/mol. The van der Waals surface area contributed by atoms with Gasteiger partial charge in [-0.15, -0.1) is 4.99 Å². The van der Waals surface area contributed by atoms with Crippen LogP contribution in [0.1, 0.15) is 13.8 Å². The molecule has 2 aromatic carbocycles. The van der Waals surface area contributed by atoms with E-state index in [9.17, 15) is 23.2 Å². The average Bonchev–Trinajstić information content (AvgIpc) is 2.85. The number of guanidine groups is 1. The number of carbonyl (C=O) groups excluding carboxylic acids is 1. The highest BCUT2D eigenvalue weighted by Crippen LogP contribution is 2.33. The van der Waals surface area contributed by atoms with Gasteiger partial charge < -0.3 is 29.9 Å². The first kappa shape index (κ1) is 25.0. The molecule has 2 aromatic rings. The first-order valence-electron chi connectivity index (χ1n) is 11.4. The number of halogens is 3. The van der Waals surface area contributed by atoms with Crippen molar-refractivity contribution in [2.75, 3.05) is 43.5 Å². The van der Waals surface area contributed by atoms with E-state index in [2.05, 4.69) is 15.6 Å². The van der Waals surface area contributed by atoms with Gasteiger partial charge in [0.1, 0.15) is 24.7 Å². The molecule has 1 atom stereocenters. The molecule has 2 heterocycles. The van der Waals surface area contributed by atoms with Crippen LogP contribution in [0.15, 0.2) is 35.3 Å². The van der Waals surface area contributed by atoms with Crippen molar-refractivity contribution in [1.82, 2.24) is 9.80 Å². The van der Waals surface area contributed by atoms with E-state index in [1.165, 1.54) is 0 Å². The predicted molar refractivity (Wildman–Crippen MR) is 126 cm³/mol.